The zero-order chi connectivity index (χ0) is 21.6. The Hall–Kier alpha value is -3.58. The number of carbonyl (C=O) groups excluding carboxylic acids is 1. The van der Waals surface area contributed by atoms with Gasteiger partial charge >= 0.3 is 0 Å². The van der Waals surface area contributed by atoms with Crippen LogP contribution in [0.25, 0.3) is 17.1 Å². The molecule has 3 aromatic carbocycles. The molecule has 0 bridgehead atoms. The summed E-state index contributed by atoms with van der Waals surface area (Å²) in [5, 5.41) is 12.3. The van der Waals surface area contributed by atoms with E-state index in [1.165, 1.54) is 17.3 Å². The molecule has 0 aliphatic heterocycles. The second-order valence-corrected chi connectivity index (χ2v) is 7.85. The molecule has 0 aliphatic carbocycles. The quantitative estimate of drug-likeness (QED) is 0.419. The zero-order valence-corrected chi connectivity index (χ0v) is 18.1. The number of hydrogen-bond acceptors (Lipinski definition) is 5. The molecule has 4 aromatic rings. The Morgan fingerprint density at radius 3 is 2.35 bits per heavy atom. The number of benzene rings is 3. The van der Waals surface area contributed by atoms with Crippen LogP contribution in [-0.2, 0) is 4.79 Å². The summed E-state index contributed by atoms with van der Waals surface area (Å²) in [6, 6.07) is 25.3. The van der Waals surface area contributed by atoms with Gasteiger partial charge in [0.1, 0.15) is 5.75 Å². The number of carbonyl (C=O) groups is 1. The molecular formula is C24H22N4O2S. The second-order valence-electron chi connectivity index (χ2n) is 6.91. The molecule has 1 aromatic heterocycles. The van der Waals surface area contributed by atoms with Crippen molar-refractivity contribution in [3.05, 3.63) is 84.4 Å². The van der Waals surface area contributed by atoms with Crippen molar-refractivity contribution in [3.63, 3.8) is 0 Å². The fourth-order valence-corrected chi connectivity index (χ4v) is 3.82. The number of aryl methyl sites for hydroxylation is 1. The van der Waals surface area contributed by atoms with Gasteiger partial charge in [-0.25, -0.2) is 0 Å². The van der Waals surface area contributed by atoms with Crippen molar-refractivity contribution in [1.29, 1.82) is 0 Å². The fraction of sp³-hybridized carbons (Fsp3) is 0.125. The maximum absolute atomic E-state index is 12.5. The maximum Gasteiger partial charge on any atom is 0.234 e. The molecule has 156 valence electrons. The Morgan fingerprint density at radius 1 is 0.968 bits per heavy atom. The van der Waals surface area contributed by atoms with E-state index in [1.807, 2.05) is 78.2 Å². The molecule has 0 radical (unpaired) electrons. The summed E-state index contributed by atoms with van der Waals surface area (Å²) in [6.07, 6.45) is 0. The van der Waals surface area contributed by atoms with Gasteiger partial charge in [0.2, 0.25) is 5.91 Å². The molecule has 0 atom stereocenters. The van der Waals surface area contributed by atoms with E-state index in [-0.39, 0.29) is 11.7 Å². The number of nitrogens with one attached hydrogen (secondary N) is 1. The Morgan fingerprint density at radius 2 is 1.68 bits per heavy atom. The van der Waals surface area contributed by atoms with Gasteiger partial charge in [-0.1, -0.05) is 59.8 Å². The van der Waals surface area contributed by atoms with E-state index in [1.54, 1.807) is 7.11 Å². The van der Waals surface area contributed by atoms with E-state index in [0.29, 0.717) is 5.16 Å². The molecule has 1 N–H and O–H groups in total. The molecule has 0 fully saturated rings. The van der Waals surface area contributed by atoms with Gasteiger partial charge in [0.15, 0.2) is 11.0 Å². The highest BCUT2D eigenvalue weighted by Crippen LogP contribution is 2.28. The van der Waals surface area contributed by atoms with Crippen LogP contribution in [0.4, 0.5) is 5.69 Å². The topological polar surface area (TPSA) is 69.0 Å². The van der Waals surface area contributed by atoms with Gasteiger partial charge in [0.05, 0.1) is 12.9 Å². The molecule has 4 rings (SSSR count). The van der Waals surface area contributed by atoms with Crippen LogP contribution in [0, 0.1) is 6.92 Å². The van der Waals surface area contributed by atoms with Crippen molar-refractivity contribution in [3.8, 4) is 22.8 Å². The van der Waals surface area contributed by atoms with E-state index in [0.717, 1.165) is 28.5 Å². The second kappa shape index (κ2) is 9.49. The Balaban J connectivity index is 1.55. The van der Waals surface area contributed by atoms with Gasteiger partial charge in [-0.2, -0.15) is 0 Å². The van der Waals surface area contributed by atoms with Crippen molar-refractivity contribution in [1.82, 2.24) is 14.8 Å². The summed E-state index contributed by atoms with van der Waals surface area (Å²) in [7, 11) is 1.61. The van der Waals surface area contributed by atoms with Gasteiger partial charge in [0.25, 0.3) is 0 Å². The fourth-order valence-electron chi connectivity index (χ4n) is 3.07. The highest BCUT2D eigenvalue weighted by atomic mass is 32.2. The first-order chi connectivity index (χ1) is 15.1. The third kappa shape index (κ3) is 4.95. The van der Waals surface area contributed by atoms with Crippen LogP contribution in [0.5, 0.6) is 5.75 Å². The van der Waals surface area contributed by atoms with Gasteiger partial charge in [-0.05, 0) is 43.3 Å². The van der Waals surface area contributed by atoms with Crippen LogP contribution in [-0.4, -0.2) is 33.5 Å². The minimum atomic E-state index is -0.116. The summed E-state index contributed by atoms with van der Waals surface area (Å²) in [5.41, 5.74) is 3.81. The highest BCUT2D eigenvalue weighted by Gasteiger charge is 2.17. The molecule has 31 heavy (non-hydrogen) atoms. The van der Waals surface area contributed by atoms with Gasteiger partial charge < -0.3 is 10.1 Å². The Labute approximate surface area is 185 Å². The van der Waals surface area contributed by atoms with Crippen molar-refractivity contribution in [2.45, 2.75) is 12.1 Å². The van der Waals surface area contributed by atoms with E-state index < -0.39 is 0 Å². The zero-order valence-electron chi connectivity index (χ0n) is 17.3. The summed E-state index contributed by atoms with van der Waals surface area (Å²) < 4.78 is 7.13. The van der Waals surface area contributed by atoms with Crippen LogP contribution in [0.15, 0.2) is 84.0 Å². The number of thioether (sulfide) groups is 1. The van der Waals surface area contributed by atoms with Gasteiger partial charge in [0, 0.05) is 16.9 Å². The predicted molar refractivity (Wildman–Crippen MR) is 124 cm³/mol. The number of anilines is 1. The minimum Gasteiger partial charge on any atom is -0.497 e. The third-order valence-corrected chi connectivity index (χ3v) is 5.59. The molecule has 0 saturated heterocycles. The number of hydrogen-bond donors (Lipinski definition) is 1. The van der Waals surface area contributed by atoms with Crippen LogP contribution in [0.1, 0.15) is 5.56 Å². The smallest absolute Gasteiger partial charge is 0.234 e. The van der Waals surface area contributed by atoms with Crippen LogP contribution < -0.4 is 10.1 Å². The molecule has 1 heterocycles. The van der Waals surface area contributed by atoms with E-state index in [2.05, 4.69) is 27.6 Å². The molecule has 0 aliphatic rings. The Bertz CT molecular complexity index is 1160. The van der Waals surface area contributed by atoms with Crippen molar-refractivity contribution >= 4 is 23.4 Å². The average Bonchev–Trinajstić information content (AvgIpc) is 3.23. The monoisotopic (exact) mass is 430 g/mol. The average molecular weight is 431 g/mol. The third-order valence-electron chi connectivity index (χ3n) is 4.66. The predicted octanol–water partition coefficient (Wildman–Crippen LogP) is 4.98. The largest absolute Gasteiger partial charge is 0.497 e. The first-order valence-corrected chi connectivity index (χ1v) is 10.8. The highest BCUT2D eigenvalue weighted by molar-refractivity contribution is 7.99. The molecule has 0 unspecified atom stereocenters. The summed E-state index contributed by atoms with van der Waals surface area (Å²) in [4.78, 5) is 12.5. The molecule has 0 spiro atoms. The molecule has 0 saturated carbocycles. The van der Waals surface area contributed by atoms with Crippen LogP contribution in [0.3, 0.4) is 0 Å². The normalized spacial score (nSPS) is 10.6. The van der Waals surface area contributed by atoms with E-state index in [9.17, 15) is 4.79 Å². The first kappa shape index (κ1) is 20.7. The SMILES string of the molecule is COc1ccc(NC(=O)CSc2nnc(-c3ccccc3)n2-c2ccc(C)cc2)cc1. The Kier molecular flexibility index (Phi) is 6.33. The maximum atomic E-state index is 12.5. The number of amides is 1. The number of methoxy groups -OCH3 is 1. The van der Waals surface area contributed by atoms with Gasteiger partial charge in [-0.15, -0.1) is 10.2 Å². The number of nitrogens with zero attached hydrogens (tertiary/aromatic N) is 3. The molecular weight excluding hydrogens is 408 g/mol. The number of ether oxygens (including phenoxy) is 1. The van der Waals surface area contributed by atoms with Crippen molar-refractivity contribution in [2.24, 2.45) is 0 Å². The molecule has 1 amide bonds. The van der Waals surface area contributed by atoms with Gasteiger partial charge in [-0.3, -0.25) is 9.36 Å². The summed E-state index contributed by atoms with van der Waals surface area (Å²) in [5.74, 6) is 1.58. The lowest BCUT2D eigenvalue weighted by molar-refractivity contribution is -0.113. The number of aromatic nitrogens is 3. The van der Waals surface area contributed by atoms with Crippen LogP contribution in [0.2, 0.25) is 0 Å². The lowest BCUT2D eigenvalue weighted by Crippen LogP contribution is -2.14. The molecule has 6 nitrogen and oxygen atoms in total. The van der Waals surface area contributed by atoms with Crippen LogP contribution >= 0.6 is 11.8 Å². The molecule has 7 heteroatoms. The minimum absolute atomic E-state index is 0.116. The lowest BCUT2D eigenvalue weighted by atomic mass is 10.2. The van der Waals surface area contributed by atoms with Crippen molar-refractivity contribution < 1.29 is 9.53 Å². The number of rotatable bonds is 7. The van der Waals surface area contributed by atoms with Crippen molar-refractivity contribution in [2.75, 3.05) is 18.2 Å². The summed E-state index contributed by atoms with van der Waals surface area (Å²) >= 11 is 1.35. The lowest BCUT2D eigenvalue weighted by Gasteiger charge is -2.11. The first-order valence-electron chi connectivity index (χ1n) is 9.78. The standard InChI is InChI=1S/C24H22N4O2S/c1-17-8-12-20(13-9-17)28-23(18-6-4-3-5-7-18)26-27-24(28)31-16-22(29)25-19-10-14-21(30-2)15-11-19/h3-15H,16H2,1-2H3,(H,25,29). The van der Waals surface area contributed by atoms with E-state index >= 15 is 0 Å². The summed E-state index contributed by atoms with van der Waals surface area (Å²) in [6.45, 7) is 2.05. The van der Waals surface area contributed by atoms with E-state index in [4.69, 9.17) is 4.74 Å².